The number of benzene rings is 1. The van der Waals surface area contributed by atoms with Gasteiger partial charge in [-0.25, -0.2) is 4.98 Å². The van der Waals surface area contributed by atoms with Gasteiger partial charge >= 0.3 is 0 Å². The van der Waals surface area contributed by atoms with Crippen molar-refractivity contribution in [3.8, 4) is 0 Å². The molecule has 0 spiro atoms. The fraction of sp³-hybridized carbons (Fsp3) is 0.0667. The van der Waals surface area contributed by atoms with Gasteiger partial charge in [0, 0.05) is 11.3 Å². The fourth-order valence-electron chi connectivity index (χ4n) is 2.02. The minimum atomic E-state index is -0.436. The van der Waals surface area contributed by atoms with Gasteiger partial charge in [-0.05, 0) is 37.3 Å². The number of pyridine rings is 1. The average molecular weight is 281 g/mol. The van der Waals surface area contributed by atoms with Crippen LogP contribution in [-0.4, -0.2) is 26.7 Å². The summed E-state index contributed by atoms with van der Waals surface area (Å²) in [6.07, 6.45) is 1.31. The second-order valence-corrected chi connectivity index (χ2v) is 4.48. The van der Waals surface area contributed by atoms with Gasteiger partial charge in [0.25, 0.3) is 0 Å². The van der Waals surface area contributed by atoms with Crippen molar-refractivity contribution in [3.05, 3.63) is 59.7 Å². The van der Waals surface area contributed by atoms with Crippen LogP contribution in [0, 0.1) is 6.92 Å². The highest BCUT2D eigenvalue weighted by Gasteiger charge is 2.19. The molecule has 0 radical (unpaired) electrons. The molecule has 0 atom stereocenters. The van der Waals surface area contributed by atoms with Gasteiger partial charge in [-0.2, -0.15) is 0 Å². The molecule has 6 nitrogen and oxygen atoms in total. The zero-order chi connectivity index (χ0) is 14.8. The number of carbonyl (C=O) groups is 1. The molecule has 2 aromatic heterocycles. The van der Waals surface area contributed by atoms with Crippen LogP contribution in [0.25, 0.3) is 11.1 Å². The van der Waals surface area contributed by atoms with Crippen LogP contribution in [0.1, 0.15) is 21.7 Å². The fourth-order valence-corrected chi connectivity index (χ4v) is 2.02. The summed E-state index contributed by atoms with van der Waals surface area (Å²) in [5.74, 6) is -0.436. The van der Waals surface area contributed by atoms with E-state index in [2.05, 4.69) is 15.1 Å². The summed E-state index contributed by atoms with van der Waals surface area (Å²) in [6.45, 7) is 1.80. The quantitative estimate of drug-likeness (QED) is 0.345. The Morgan fingerprint density at radius 3 is 2.90 bits per heavy atom. The van der Waals surface area contributed by atoms with Crippen molar-refractivity contribution in [3.63, 3.8) is 0 Å². The molecule has 0 fully saturated rings. The lowest BCUT2D eigenvalue weighted by molar-refractivity contribution is 0.106. The van der Waals surface area contributed by atoms with Crippen LogP contribution in [0.5, 0.6) is 0 Å². The summed E-state index contributed by atoms with van der Waals surface area (Å²) in [4.78, 5) is 20.6. The molecule has 104 valence electrons. The van der Waals surface area contributed by atoms with Crippen LogP contribution in [-0.2, 0) is 0 Å². The number of aromatic nitrogens is 2. The molecule has 0 saturated heterocycles. The van der Waals surface area contributed by atoms with Crippen LogP contribution in [0.4, 0.5) is 0 Å². The highest BCUT2D eigenvalue weighted by Crippen LogP contribution is 2.16. The van der Waals surface area contributed by atoms with E-state index >= 15 is 0 Å². The van der Waals surface area contributed by atoms with E-state index in [-0.39, 0.29) is 5.71 Å². The van der Waals surface area contributed by atoms with Gasteiger partial charge in [0.2, 0.25) is 5.78 Å². The predicted octanol–water partition coefficient (Wildman–Crippen LogP) is 2.59. The van der Waals surface area contributed by atoms with Crippen molar-refractivity contribution in [2.45, 2.75) is 6.92 Å². The normalized spacial score (nSPS) is 11.8. The number of rotatable bonds is 3. The number of ketones is 1. The Kier molecular flexibility index (Phi) is 3.19. The molecule has 0 saturated carbocycles. The first kappa shape index (κ1) is 13.0. The smallest absolute Gasteiger partial charge is 0.217 e. The number of hydrogen-bond acceptors (Lipinski definition) is 6. The number of aryl methyl sites for hydroxylation is 1. The molecular weight excluding hydrogens is 270 g/mol. The van der Waals surface area contributed by atoms with Crippen molar-refractivity contribution < 1.29 is 14.4 Å². The van der Waals surface area contributed by atoms with Crippen molar-refractivity contribution in [1.29, 1.82) is 0 Å². The van der Waals surface area contributed by atoms with Crippen LogP contribution < -0.4 is 0 Å². The second kappa shape index (κ2) is 5.16. The molecule has 1 N–H and O–H groups in total. The summed E-state index contributed by atoms with van der Waals surface area (Å²) in [7, 11) is 0. The Morgan fingerprint density at radius 1 is 1.29 bits per heavy atom. The maximum absolute atomic E-state index is 12.5. The van der Waals surface area contributed by atoms with E-state index in [1.807, 2.05) is 0 Å². The van der Waals surface area contributed by atoms with Crippen molar-refractivity contribution in [2.75, 3.05) is 0 Å². The van der Waals surface area contributed by atoms with Crippen LogP contribution >= 0.6 is 0 Å². The minimum Gasteiger partial charge on any atom is -0.443 e. The molecule has 0 unspecified atom stereocenters. The van der Waals surface area contributed by atoms with E-state index in [9.17, 15) is 4.79 Å². The number of oxazole rings is 1. The standard InChI is InChI=1S/C15H11N3O3/c1-9-3-2-4-12(17-9)14(18-20)15(19)10-5-6-11-13(7-10)21-8-16-11/h2-8,20H,1H3/b18-14+. The number of nitrogens with zero attached hydrogens (tertiary/aromatic N) is 3. The molecular formula is C15H11N3O3. The summed E-state index contributed by atoms with van der Waals surface area (Å²) < 4.78 is 5.17. The van der Waals surface area contributed by atoms with E-state index in [4.69, 9.17) is 9.62 Å². The van der Waals surface area contributed by atoms with Gasteiger partial charge in [0.15, 0.2) is 17.7 Å². The highest BCUT2D eigenvalue weighted by atomic mass is 16.4. The Labute approximate surface area is 119 Å². The van der Waals surface area contributed by atoms with Crippen LogP contribution in [0.15, 0.2) is 52.4 Å². The Morgan fingerprint density at radius 2 is 2.14 bits per heavy atom. The maximum Gasteiger partial charge on any atom is 0.217 e. The average Bonchev–Trinajstić information content (AvgIpc) is 2.95. The van der Waals surface area contributed by atoms with Gasteiger partial charge in [0.05, 0.1) is 5.69 Å². The molecule has 1 aromatic carbocycles. The van der Waals surface area contributed by atoms with Gasteiger partial charge in [-0.1, -0.05) is 11.2 Å². The van der Waals surface area contributed by atoms with Gasteiger partial charge in [-0.3, -0.25) is 9.78 Å². The van der Waals surface area contributed by atoms with Crippen LogP contribution in [0.2, 0.25) is 0 Å². The lowest BCUT2D eigenvalue weighted by atomic mass is 10.0. The predicted molar refractivity (Wildman–Crippen MR) is 75.6 cm³/mol. The Balaban J connectivity index is 2.02. The summed E-state index contributed by atoms with van der Waals surface area (Å²) >= 11 is 0. The molecule has 0 aliphatic rings. The third kappa shape index (κ3) is 2.38. The Hall–Kier alpha value is -3.02. The molecule has 21 heavy (non-hydrogen) atoms. The molecule has 0 aliphatic heterocycles. The third-order valence-corrected chi connectivity index (χ3v) is 3.04. The van der Waals surface area contributed by atoms with E-state index in [1.165, 1.54) is 6.39 Å². The van der Waals surface area contributed by atoms with Crippen molar-refractivity contribution in [2.24, 2.45) is 5.16 Å². The first-order chi connectivity index (χ1) is 10.2. The van der Waals surface area contributed by atoms with Gasteiger partial charge in [0.1, 0.15) is 5.52 Å². The number of fused-ring (bicyclic) bond motifs is 1. The number of hydrogen-bond donors (Lipinski definition) is 1. The molecule has 2 heterocycles. The molecule has 0 aliphatic carbocycles. The lowest BCUT2D eigenvalue weighted by Crippen LogP contribution is -2.17. The molecule has 6 heteroatoms. The Bertz CT molecular complexity index is 852. The van der Waals surface area contributed by atoms with Gasteiger partial charge < -0.3 is 9.62 Å². The van der Waals surface area contributed by atoms with E-state index in [0.29, 0.717) is 22.4 Å². The molecule has 0 bridgehead atoms. The first-order valence-corrected chi connectivity index (χ1v) is 6.23. The largest absolute Gasteiger partial charge is 0.443 e. The van der Waals surface area contributed by atoms with Crippen LogP contribution in [0.3, 0.4) is 0 Å². The zero-order valence-corrected chi connectivity index (χ0v) is 11.1. The monoisotopic (exact) mass is 281 g/mol. The minimum absolute atomic E-state index is 0.113. The lowest BCUT2D eigenvalue weighted by Gasteiger charge is -2.04. The highest BCUT2D eigenvalue weighted by molar-refractivity contribution is 6.51. The van der Waals surface area contributed by atoms with Crippen molar-refractivity contribution in [1.82, 2.24) is 9.97 Å². The SMILES string of the molecule is Cc1cccc(/C(=N\O)C(=O)c2ccc3ncoc3c2)n1. The van der Waals surface area contributed by atoms with E-state index in [0.717, 1.165) is 5.69 Å². The molecule has 3 rings (SSSR count). The topological polar surface area (TPSA) is 88.6 Å². The summed E-state index contributed by atoms with van der Waals surface area (Å²) in [5, 5.41) is 12.3. The van der Waals surface area contributed by atoms with E-state index < -0.39 is 5.78 Å². The van der Waals surface area contributed by atoms with Crippen molar-refractivity contribution >= 4 is 22.6 Å². The van der Waals surface area contributed by atoms with E-state index in [1.54, 1.807) is 43.3 Å². The molecule has 3 aromatic rings. The maximum atomic E-state index is 12.5. The van der Waals surface area contributed by atoms with Gasteiger partial charge in [-0.15, -0.1) is 0 Å². The second-order valence-electron chi connectivity index (χ2n) is 4.48. The zero-order valence-electron chi connectivity index (χ0n) is 11.1. The summed E-state index contributed by atoms with van der Waals surface area (Å²) in [5.41, 5.74) is 2.43. The first-order valence-electron chi connectivity index (χ1n) is 6.23. The number of oxime groups is 1. The number of carbonyl (C=O) groups excluding carboxylic acids is 1. The third-order valence-electron chi connectivity index (χ3n) is 3.04. The molecule has 0 amide bonds. The summed E-state index contributed by atoms with van der Waals surface area (Å²) in [6, 6.07) is 10.00. The number of Topliss-reactive ketones (excluding diaryl/α,β-unsaturated/α-hetero) is 1.